The lowest BCUT2D eigenvalue weighted by Crippen LogP contribution is -2.05. The molecule has 0 radical (unpaired) electrons. The smallest absolute Gasteiger partial charge is 0.200 e. The van der Waals surface area contributed by atoms with Crippen molar-refractivity contribution in [3.05, 3.63) is 41.5 Å². The van der Waals surface area contributed by atoms with Crippen LogP contribution in [-0.2, 0) is 6.54 Å². The number of imidazole rings is 1. The van der Waals surface area contributed by atoms with Gasteiger partial charge in [-0.05, 0) is 31.0 Å². The first kappa shape index (κ1) is 9.71. The van der Waals surface area contributed by atoms with Gasteiger partial charge in [0.1, 0.15) is 0 Å². The first-order valence-electron chi connectivity index (χ1n) is 4.85. The third-order valence-corrected chi connectivity index (χ3v) is 2.42. The topological polar surface area (TPSA) is 56.7 Å². The minimum atomic E-state index is 0.552. The summed E-state index contributed by atoms with van der Waals surface area (Å²) >= 11 is 0. The highest BCUT2D eigenvalue weighted by molar-refractivity contribution is 5.27. The molecular formula is C11H14N4. The molecule has 0 spiro atoms. The fraction of sp³-hybridized carbons (Fsp3) is 0.273. The molecule has 0 bridgehead atoms. The monoisotopic (exact) mass is 202 g/mol. The minimum Gasteiger partial charge on any atom is -0.369 e. The fourth-order valence-corrected chi connectivity index (χ4v) is 1.54. The van der Waals surface area contributed by atoms with Gasteiger partial charge in [-0.15, -0.1) is 0 Å². The van der Waals surface area contributed by atoms with E-state index in [-0.39, 0.29) is 0 Å². The molecule has 0 amide bonds. The van der Waals surface area contributed by atoms with E-state index in [1.165, 1.54) is 11.1 Å². The zero-order chi connectivity index (χ0) is 10.8. The first-order chi connectivity index (χ1) is 7.16. The summed E-state index contributed by atoms with van der Waals surface area (Å²) < 4.78 is 1.93. The molecule has 0 aliphatic heterocycles. The molecule has 0 atom stereocenters. The second-order valence-electron chi connectivity index (χ2n) is 3.67. The molecule has 78 valence electrons. The summed E-state index contributed by atoms with van der Waals surface area (Å²) in [6.45, 7) is 4.73. The van der Waals surface area contributed by atoms with Crippen molar-refractivity contribution in [2.45, 2.75) is 20.4 Å². The lowest BCUT2D eigenvalue weighted by molar-refractivity contribution is 0.800. The van der Waals surface area contributed by atoms with Crippen LogP contribution in [0.15, 0.2) is 24.7 Å². The van der Waals surface area contributed by atoms with E-state index < -0.39 is 0 Å². The maximum absolute atomic E-state index is 5.77. The van der Waals surface area contributed by atoms with Crippen LogP contribution in [0.5, 0.6) is 0 Å². The van der Waals surface area contributed by atoms with Crippen LogP contribution in [0.25, 0.3) is 0 Å². The van der Waals surface area contributed by atoms with Crippen molar-refractivity contribution in [1.82, 2.24) is 14.5 Å². The van der Waals surface area contributed by atoms with Crippen LogP contribution in [0.1, 0.15) is 16.8 Å². The number of nitrogen functional groups attached to an aromatic ring is 1. The molecule has 15 heavy (non-hydrogen) atoms. The van der Waals surface area contributed by atoms with Gasteiger partial charge in [-0.2, -0.15) is 0 Å². The Morgan fingerprint density at radius 1 is 1.40 bits per heavy atom. The van der Waals surface area contributed by atoms with Crippen molar-refractivity contribution in [3.8, 4) is 0 Å². The molecule has 4 nitrogen and oxygen atoms in total. The van der Waals surface area contributed by atoms with E-state index in [2.05, 4.69) is 16.9 Å². The Labute approximate surface area is 88.8 Å². The average molecular weight is 202 g/mol. The highest BCUT2D eigenvalue weighted by Crippen LogP contribution is 2.11. The zero-order valence-corrected chi connectivity index (χ0v) is 8.94. The first-order valence-corrected chi connectivity index (χ1v) is 4.85. The molecule has 0 saturated heterocycles. The molecule has 2 aromatic rings. The van der Waals surface area contributed by atoms with Crippen molar-refractivity contribution >= 4 is 5.95 Å². The largest absolute Gasteiger partial charge is 0.369 e. The number of anilines is 1. The number of aromatic nitrogens is 3. The predicted molar refractivity (Wildman–Crippen MR) is 59.5 cm³/mol. The molecule has 2 aromatic heterocycles. The summed E-state index contributed by atoms with van der Waals surface area (Å²) in [6.07, 6.45) is 5.60. The van der Waals surface area contributed by atoms with E-state index in [0.717, 1.165) is 12.2 Å². The normalized spacial score (nSPS) is 10.5. The molecule has 0 aromatic carbocycles. The molecule has 0 aliphatic rings. The lowest BCUT2D eigenvalue weighted by Gasteiger charge is -2.06. The number of hydrogen-bond donors (Lipinski definition) is 1. The SMILES string of the molecule is Cc1cn(Cc2cnccc2C)c(N)n1. The van der Waals surface area contributed by atoms with Gasteiger partial charge in [-0.1, -0.05) is 0 Å². The maximum atomic E-state index is 5.77. The molecular weight excluding hydrogens is 188 g/mol. The van der Waals surface area contributed by atoms with Crippen LogP contribution in [-0.4, -0.2) is 14.5 Å². The zero-order valence-electron chi connectivity index (χ0n) is 8.94. The predicted octanol–water partition coefficient (Wildman–Crippen LogP) is 1.53. The molecule has 4 heteroatoms. The van der Waals surface area contributed by atoms with Crippen LogP contribution in [0, 0.1) is 13.8 Å². The van der Waals surface area contributed by atoms with Gasteiger partial charge in [0.15, 0.2) is 0 Å². The summed E-state index contributed by atoms with van der Waals surface area (Å²) in [5.41, 5.74) is 9.10. The van der Waals surface area contributed by atoms with Crippen molar-refractivity contribution in [1.29, 1.82) is 0 Å². The summed E-state index contributed by atoms with van der Waals surface area (Å²) in [4.78, 5) is 8.26. The van der Waals surface area contributed by atoms with Crippen molar-refractivity contribution in [3.63, 3.8) is 0 Å². The van der Waals surface area contributed by atoms with Gasteiger partial charge >= 0.3 is 0 Å². The molecule has 0 aliphatic carbocycles. The third kappa shape index (κ3) is 1.98. The molecule has 0 fully saturated rings. The number of nitrogens with zero attached hydrogens (tertiary/aromatic N) is 3. The summed E-state index contributed by atoms with van der Waals surface area (Å²) in [5.74, 6) is 0.552. The molecule has 2 N–H and O–H groups in total. The van der Waals surface area contributed by atoms with Crippen LogP contribution in [0.2, 0.25) is 0 Å². The maximum Gasteiger partial charge on any atom is 0.200 e. The number of aryl methyl sites for hydroxylation is 2. The average Bonchev–Trinajstić information content (AvgIpc) is 2.49. The van der Waals surface area contributed by atoms with E-state index in [1.54, 1.807) is 6.20 Å². The van der Waals surface area contributed by atoms with Gasteiger partial charge in [-0.25, -0.2) is 4.98 Å². The second-order valence-corrected chi connectivity index (χ2v) is 3.67. The van der Waals surface area contributed by atoms with E-state index >= 15 is 0 Å². The van der Waals surface area contributed by atoms with Gasteiger partial charge in [0.05, 0.1) is 12.2 Å². The Bertz CT molecular complexity index is 473. The summed E-state index contributed by atoms with van der Waals surface area (Å²) in [6, 6.07) is 2.00. The fourth-order valence-electron chi connectivity index (χ4n) is 1.54. The van der Waals surface area contributed by atoms with Crippen molar-refractivity contribution < 1.29 is 0 Å². The minimum absolute atomic E-state index is 0.552. The van der Waals surface area contributed by atoms with Crippen LogP contribution in [0.3, 0.4) is 0 Å². The lowest BCUT2D eigenvalue weighted by atomic mass is 10.1. The highest BCUT2D eigenvalue weighted by Gasteiger charge is 2.04. The third-order valence-electron chi connectivity index (χ3n) is 2.42. The van der Waals surface area contributed by atoms with Gasteiger partial charge < -0.3 is 10.3 Å². The Morgan fingerprint density at radius 3 is 2.80 bits per heavy atom. The quantitative estimate of drug-likeness (QED) is 0.803. The second kappa shape index (κ2) is 3.73. The molecule has 2 rings (SSSR count). The van der Waals surface area contributed by atoms with Gasteiger partial charge in [0.2, 0.25) is 5.95 Å². The van der Waals surface area contributed by atoms with E-state index in [0.29, 0.717) is 5.95 Å². The van der Waals surface area contributed by atoms with Crippen LogP contribution in [0.4, 0.5) is 5.95 Å². The highest BCUT2D eigenvalue weighted by atomic mass is 15.1. The van der Waals surface area contributed by atoms with Crippen molar-refractivity contribution in [2.75, 3.05) is 5.73 Å². The molecule has 0 saturated carbocycles. The molecule has 0 unspecified atom stereocenters. The van der Waals surface area contributed by atoms with Crippen molar-refractivity contribution in [2.24, 2.45) is 0 Å². The summed E-state index contributed by atoms with van der Waals surface area (Å²) in [5, 5.41) is 0. The number of pyridine rings is 1. The standard InChI is InChI=1S/C11H14N4/c1-8-3-4-13-5-10(8)7-15-6-9(2)14-11(15)12/h3-6H,7H2,1-2H3,(H2,12,14). The Kier molecular flexibility index (Phi) is 2.41. The number of hydrogen-bond acceptors (Lipinski definition) is 3. The number of rotatable bonds is 2. The van der Waals surface area contributed by atoms with Crippen LogP contribution >= 0.6 is 0 Å². The van der Waals surface area contributed by atoms with Gasteiger partial charge in [-0.3, -0.25) is 4.98 Å². The Morgan fingerprint density at radius 2 is 2.20 bits per heavy atom. The number of nitrogens with two attached hydrogens (primary N) is 1. The van der Waals surface area contributed by atoms with Gasteiger partial charge in [0, 0.05) is 18.6 Å². The molecule has 2 heterocycles. The Hall–Kier alpha value is -1.84. The summed E-state index contributed by atoms with van der Waals surface area (Å²) in [7, 11) is 0. The van der Waals surface area contributed by atoms with E-state index in [4.69, 9.17) is 5.73 Å². The van der Waals surface area contributed by atoms with Gasteiger partial charge in [0.25, 0.3) is 0 Å². The van der Waals surface area contributed by atoms with E-state index in [1.807, 2.05) is 30.0 Å². The van der Waals surface area contributed by atoms with E-state index in [9.17, 15) is 0 Å². The Balaban J connectivity index is 2.29. The van der Waals surface area contributed by atoms with Crippen LogP contribution < -0.4 is 5.73 Å².